The van der Waals surface area contributed by atoms with Crippen molar-refractivity contribution in [2.24, 2.45) is 10.9 Å². The van der Waals surface area contributed by atoms with Crippen molar-refractivity contribution in [3.8, 4) is 0 Å². The van der Waals surface area contributed by atoms with Gasteiger partial charge in [0.25, 0.3) is 0 Å². The van der Waals surface area contributed by atoms with Crippen LogP contribution in [0.25, 0.3) is 0 Å². The van der Waals surface area contributed by atoms with E-state index >= 15 is 0 Å². The van der Waals surface area contributed by atoms with Crippen molar-refractivity contribution >= 4 is 5.90 Å². The number of ether oxygens (including phenoxy) is 2. The molecule has 4 nitrogen and oxygen atoms in total. The topological polar surface area (TPSA) is 42.9 Å². The summed E-state index contributed by atoms with van der Waals surface area (Å²) < 4.78 is 10.8. The highest BCUT2D eigenvalue weighted by Gasteiger charge is 2.25. The van der Waals surface area contributed by atoms with E-state index < -0.39 is 0 Å². The maximum absolute atomic E-state index is 5.47. The third-order valence-electron chi connectivity index (χ3n) is 2.13. The molecule has 15 heavy (non-hydrogen) atoms. The van der Waals surface area contributed by atoms with Crippen molar-refractivity contribution in [3.63, 3.8) is 0 Å². The van der Waals surface area contributed by atoms with Gasteiger partial charge in [-0.2, -0.15) is 0 Å². The lowest BCUT2D eigenvalue weighted by atomic mass is 10.0. The van der Waals surface area contributed by atoms with Crippen molar-refractivity contribution in [1.82, 2.24) is 5.32 Å². The molecule has 1 rings (SSSR count). The molecule has 1 atom stereocenters. The fourth-order valence-electron chi connectivity index (χ4n) is 1.42. The Morgan fingerprint density at radius 1 is 1.33 bits per heavy atom. The zero-order valence-corrected chi connectivity index (χ0v) is 9.91. The summed E-state index contributed by atoms with van der Waals surface area (Å²) in [6.07, 6.45) is 1.67. The van der Waals surface area contributed by atoms with E-state index in [0.29, 0.717) is 19.1 Å². The molecule has 86 valence electrons. The fourth-order valence-corrected chi connectivity index (χ4v) is 1.42. The normalized spacial score (nSPS) is 20.5. The van der Waals surface area contributed by atoms with E-state index in [1.165, 1.54) is 0 Å². The molecule has 0 bridgehead atoms. The Bertz CT molecular complexity index is 259. The predicted molar refractivity (Wildman–Crippen MR) is 60.5 cm³/mol. The highest BCUT2D eigenvalue weighted by molar-refractivity contribution is 5.83. The summed E-state index contributed by atoms with van der Waals surface area (Å²) >= 11 is 0. The first-order chi connectivity index (χ1) is 7.19. The van der Waals surface area contributed by atoms with Gasteiger partial charge in [0.1, 0.15) is 6.04 Å². The van der Waals surface area contributed by atoms with Gasteiger partial charge in [0.05, 0.1) is 19.4 Å². The van der Waals surface area contributed by atoms with E-state index in [-0.39, 0.29) is 6.04 Å². The van der Waals surface area contributed by atoms with Gasteiger partial charge in [0.2, 0.25) is 11.8 Å². The quantitative estimate of drug-likeness (QED) is 0.773. The molecule has 0 fully saturated rings. The zero-order valence-electron chi connectivity index (χ0n) is 9.91. The van der Waals surface area contributed by atoms with Crippen LogP contribution in [0.1, 0.15) is 27.7 Å². The maximum Gasteiger partial charge on any atom is 0.211 e. The number of nitrogens with zero attached hydrogens (tertiary/aromatic N) is 1. The van der Waals surface area contributed by atoms with Crippen LogP contribution in [0, 0.1) is 5.92 Å². The summed E-state index contributed by atoms with van der Waals surface area (Å²) in [4.78, 5) is 4.27. The van der Waals surface area contributed by atoms with E-state index in [1.54, 1.807) is 6.20 Å². The summed E-state index contributed by atoms with van der Waals surface area (Å²) in [6.45, 7) is 9.45. The zero-order chi connectivity index (χ0) is 11.3. The monoisotopic (exact) mass is 212 g/mol. The smallest absolute Gasteiger partial charge is 0.211 e. The van der Waals surface area contributed by atoms with E-state index in [9.17, 15) is 0 Å². The van der Waals surface area contributed by atoms with Crippen molar-refractivity contribution in [2.45, 2.75) is 33.7 Å². The first-order valence-corrected chi connectivity index (χ1v) is 5.49. The minimum absolute atomic E-state index is 0.108. The molecule has 0 aliphatic carbocycles. The average Bonchev–Trinajstić information content (AvgIpc) is 2.21. The molecule has 1 N–H and O–H groups in total. The summed E-state index contributed by atoms with van der Waals surface area (Å²) in [5.41, 5.74) is 0. The van der Waals surface area contributed by atoms with Gasteiger partial charge < -0.3 is 14.8 Å². The molecule has 1 heterocycles. The van der Waals surface area contributed by atoms with Crippen LogP contribution < -0.4 is 5.32 Å². The van der Waals surface area contributed by atoms with Gasteiger partial charge in [0, 0.05) is 0 Å². The summed E-state index contributed by atoms with van der Waals surface area (Å²) in [5, 5.41) is 3.27. The van der Waals surface area contributed by atoms with E-state index in [2.05, 4.69) is 24.2 Å². The number of rotatable bonds is 4. The van der Waals surface area contributed by atoms with Crippen LogP contribution in [-0.2, 0) is 9.47 Å². The molecule has 1 aliphatic heterocycles. The predicted octanol–water partition coefficient (Wildman–Crippen LogP) is 1.88. The summed E-state index contributed by atoms with van der Waals surface area (Å²) in [6, 6.07) is 0.108. The summed E-state index contributed by atoms with van der Waals surface area (Å²) in [5.74, 6) is 1.88. The molecule has 1 aliphatic rings. The summed E-state index contributed by atoms with van der Waals surface area (Å²) in [7, 11) is 0. The number of hydrogen-bond acceptors (Lipinski definition) is 4. The molecule has 0 amide bonds. The van der Waals surface area contributed by atoms with Crippen LogP contribution in [0.2, 0.25) is 0 Å². The van der Waals surface area contributed by atoms with Gasteiger partial charge in [-0.1, -0.05) is 13.8 Å². The minimum atomic E-state index is 0.108. The van der Waals surface area contributed by atoms with Crippen LogP contribution in [-0.4, -0.2) is 25.2 Å². The number of aliphatic imine (C=N–C) groups is 1. The maximum atomic E-state index is 5.47. The van der Waals surface area contributed by atoms with Crippen molar-refractivity contribution in [1.29, 1.82) is 0 Å². The molecule has 0 spiro atoms. The third kappa shape index (κ3) is 3.15. The lowest BCUT2D eigenvalue weighted by Crippen LogP contribution is -2.44. The number of hydrogen-bond donors (Lipinski definition) is 1. The van der Waals surface area contributed by atoms with Crippen LogP contribution in [0.3, 0.4) is 0 Å². The van der Waals surface area contributed by atoms with Crippen LogP contribution >= 0.6 is 0 Å². The standard InChI is InChI=1S/C11H20N2O2/c1-5-14-9-7-12-11(15-6-2)10(13-9)8(3)4/h7-8,10,13H,5-6H2,1-4H3. The van der Waals surface area contributed by atoms with Gasteiger partial charge in [-0.25, -0.2) is 4.99 Å². The second-order valence-electron chi connectivity index (χ2n) is 3.69. The van der Waals surface area contributed by atoms with Gasteiger partial charge in [-0.15, -0.1) is 0 Å². The highest BCUT2D eigenvalue weighted by Crippen LogP contribution is 2.13. The Hall–Kier alpha value is -1.19. The SMILES string of the molecule is CCOC1=CN=C(OCC)C(C(C)C)N1. The molecule has 4 heteroatoms. The van der Waals surface area contributed by atoms with Gasteiger partial charge in [-0.05, 0) is 19.8 Å². The van der Waals surface area contributed by atoms with Gasteiger partial charge in [0.15, 0.2) is 0 Å². The molecule has 0 radical (unpaired) electrons. The van der Waals surface area contributed by atoms with Gasteiger partial charge in [-0.3, -0.25) is 0 Å². The lowest BCUT2D eigenvalue weighted by molar-refractivity contribution is 0.186. The number of nitrogens with one attached hydrogen (secondary N) is 1. The Morgan fingerprint density at radius 3 is 2.53 bits per heavy atom. The molecule has 0 aromatic carbocycles. The van der Waals surface area contributed by atoms with Crippen LogP contribution in [0.5, 0.6) is 0 Å². The fraction of sp³-hybridized carbons (Fsp3) is 0.727. The average molecular weight is 212 g/mol. The van der Waals surface area contributed by atoms with E-state index in [1.807, 2.05) is 13.8 Å². The molecule has 0 aromatic heterocycles. The Kier molecular flexibility index (Phi) is 4.46. The molecule has 1 unspecified atom stereocenters. The van der Waals surface area contributed by atoms with Crippen LogP contribution in [0.15, 0.2) is 17.1 Å². The van der Waals surface area contributed by atoms with E-state index in [4.69, 9.17) is 9.47 Å². The minimum Gasteiger partial charge on any atom is -0.480 e. The first kappa shape index (κ1) is 11.9. The van der Waals surface area contributed by atoms with Crippen molar-refractivity contribution < 1.29 is 9.47 Å². The molecule has 0 saturated heterocycles. The van der Waals surface area contributed by atoms with E-state index in [0.717, 1.165) is 11.8 Å². The Morgan fingerprint density at radius 2 is 2.00 bits per heavy atom. The second kappa shape index (κ2) is 5.63. The lowest BCUT2D eigenvalue weighted by Gasteiger charge is -2.27. The second-order valence-corrected chi connectivity index (χ2v) is 3.69. The highest BCUT2D eigenvalue weighted by atomic mass is 16.5. The van der Waals surface area contributed by atoms with Gasteiger partial charge >= 0.3 is 0 Å². The van der Waals surface area contributed by atoms with Crippen LogP contribution in [0.4, 0.5) is 0 Å². The molecule has 0 aromatic rings. The molecular weight excluding hydrogens is 192 g/mol. The van der Waals surface area contributed by atoms with Crippen molar-refractivity contribution in [3.05, 3.63) is 12.1 Å². The van der Waals surface area contributed by atoms with Crippen molar-refractivity contribution in [2.75, 3.05) is 13.2 Å². The third-order valence-corrected chi connectivity index (χ3v) is 2.13. The Labute approximate surface area is 91.4 Å². The largest absolute Gasteiger partial charge is 0.480 e. The molecule has 0 saturated carbocycles. The molecular formula is C11H20N2O2. The Balaban J connectivity index is 2.72. The first-order valence-electron chi connectivity index (χ1n) is 5.49.